The number of ether oxygens (including phenoxy) is 2. The minimum atomic E-state index is -0.110. The highest BCUT2D eigenvalue weighted by Gasteiger charge is 2.16. The maximum absolute atomic E-state index is 12.3. The van der Waals surface area contributed by atoms with Crippen LogP contribution in [0.3, 0.4) is 0 Å². The minimum Gasteiger partial charge on any atom is -0.490 e. The topological polar surface area (TPSA) is 47.6 Å². The number of carbonyl (C=O) groups excluding carboxylic acids is 1. The van der Waals surface area contributed by atoms with E-state index in [9.17, 15) is 4.79 Å². The number of thioether (sulfide) groups is 1. The molecule has 3 rings (SSSR count). The second-order valence-electron chi connectivity index (χ2n) is 5.94. The van der Waals surface area contributed by atoms with E-state index >= 15 is 0 Å². The third-order valence-electron chi connectivity index (χ3n) is 3.80. The number of hydrogen-bond acceptors (Lipinski definition) is 4. The molecule has 1 aliphatic heterocycles. The summed E-state index contributed by atoms with van der Waals surface area (Å²) in [6.45, 7) is 5.29. The molecule has 0 aromatic heterocycles. The molecule has 132 valence electrons. The van der Waals surface area contributed by atoms with Crippen LogP contribution in [0.1, 0.15) is 17.5 Å². The Morgan fingerprint density at radius 1 is 1.16 bits per heavy atom. The van der Waals surface area contributed by atoms with E-state index < -0.39 is 0 Å². The van der Waals surface area contributed by atoms with Crippen molar-refractivity contribution in [3.8, 4) is 11.5 Å². The van der Waals surface area contributed by atoms with Gasteiger partial charge in [0.25, 0.3) is 0 Å². The fourth-order valence-electron chi connectivity index (χ4n) is 2.57. The van der Waals surface area contributed by atoms with Gasteiger partial charge in [-0.15, -0.1) is 11.8 Å². The normalized spacial score (nSPS) is 13.2. The Morgan fingerprint density at radius 2 is 1.88 bits per heavy atom. The molecule has 0 bridgehead atoms. The first-order valence-electron chi connectivity index (χ1n) is 8.12. The van der Waals surface area contributed by atoms with Crippen LogP contribution in [0.5, 0.6) is 11.5 Å². The van der Waals surface area contributed by atoms with Gasteiger partial charge in [0.15, 0.2) is 11.5 Å². The van der Waals surface area contributed by atoms with Crippen LogP contribution in [0.15, 0.2) is 35.2 Å². The summed E-state index contributed by atoms with van der Waals surface area (Å²) in [5.74, 6) is 1.43. The van der Waals surface area contributed by atoms with Crippen molar-refractivity contribution in [3.63, 3.8) is 0 Å². The van der Waals surface area contributed by atoms with E-state index in [0.29, 0.717) is 41.2 Å². The summed E-state index contributed by atoms with van der Waals surface area (Å²) >= 11 is 7.77. The van der Waals surface area contributed by atoms with E-state index in [4.69, 9.17) is 21.1 Å². The number of benzene rings is 2. The summed E-state index contributed by atoms with van der Waals surface area (Å²) in [5.41, 5.74) is 2.92. The molecule has 1 amide bonds. The number of halogens is 1. The number of carbonyl (C=O) groups is 1. The SMILES string of the molecule is Cc1ccc(SCC(=O)Nc2cc3c(cc2Cl)OCCCO3)c(C)c1. The largest absolute Gasteiger partial charge is 0.490 e. The predicted molar refractivity (Wildman–Crippen MR) is 102 cm³/mol. The molecule has 1 N–H and O–H groups in total. The van der Waals surface area contributed by atoms with Gasteiger partial charge in [-0.25, -0.2) is 0 Å². The lowest BCUT2D eigenvalue weighted by atomic mass is 10.2. The standard InChI is InChI=1S/C19H20ClNO3S/c1-12-4-5-18(13(2)8-12)25-11-19(22)21-15-10-17-16(9-14(15)20)23-6-3-7-24-17/h4-5,8-10H,3,6-7,11H2,1-2H3,(H,21,22). The van der Waals surface area contributed by atoms with Crippen LogP contribution < -0.4 is 14.8 Å². The van der Waals surface area contributed by atoms with E-state index in [-0.39, 0.29) is 5.91 Å². The molecule has 0 saturated heterocycles. The monoisotopic (exact) mass is 377 g/mol. The molecule has 2 aromatic carbocycles. The van der Waals surface area contributed by atoms with Gasteiger partial charge in [-0.1, -0.05) is 29.3 Å². The van der Waals surface area contributed by atoms with E-state index in [1.54, 1.807) is 12.1 Å². The smallest absolute Gasteiger partial charge is 0.234 e. The van der Waals surface area contributed by atoms with Crippen molar-refractivity contribution in [2.45, 2.75) is 25.2 Å². The predicted octanol–water partition coefficient (Wildman–Crippen LogP) is 4.85. The maximum Gasteiger partial charge on any atom is 0.234 e. The van der Waals surface area contributed by atoms with Gasteiger partial charge in [-0.2, -0.15) is 0 Å². The van der Waals surface area contributed by atoms with Gasteiger partial charge in [0.1, 0.15) is 0 Å². The quantitative estimate of drug-likeness (QED) is 0.774. The molecule has 0 aliphatic carbocycles. The fourth-order valence-corrected chi connectivity index (χ4v) is 3.58. The van der Waals surface area contributed by atoms with E-state index in [1.807, 2.05) is 19.1 Å². The van der Waals surface area contributed by atoms with Crippen molar-refractivity contribution >= 4 is 35.0 Å². The van der Waals surface area contributed by atoms with Crippen LogP contribution in [0.25, 0.3) is 0 Å². The van der Waals surface area contributed by atoms with Crippen LogP contribution >= 0.6 is 23.4 Å². The number of hydrogen-bond donors (Lipinski definition) is 1. The molecule has 4 nitrogen and oxygen atoms in total. The molecular formula is C19H20ClNO3S. The van der Waals surface area contributed by atoms with Crippen LogP contribution in [0, 0.1) is 13.8 Å². The van der Waals surface area contributed by atoms with Gasteiger partial charge in [-0.05, 0) is 25.5 Å². The summed E-state index contributed by atoms with van der Waals surface area (Å²) in [6.07, 6.45) is 0.820. The highest BCUT2D eigenvalue weighted by molar-refractivity contribution is 8.00. The molecule has 0 unspecified atom stereocenters. The Morgan fingerprint density at radius 3 is 2.60 bits per heavy atom. The van der Waals surface area contributed by atoms with E-state index in [2.05, 4.69) is 18.3 Å². The van der Waals surface area contributed by atoms with Crippen molar-refractivity contribution in [2.75, 3.05) is 24.3 Å². The molecule has 0 fully saturated rings. The first kappa shape index (κ1) is 18.0. The van der Waals surface area contributed by atoms with Crippen LogP contribution in [0.4, 0.5) is 5.69 Å². The Bertz CT molecular complexity index is 794. The molecule has 2 aromatic rings. The average molecular weight is 378 g/mol. The first-order chi connectivity index (χ1) is 12.0. The van der Waals surface area contributed by atoms with Crippen molar-refractivity contribution in [2.24, 2.45) is 0 Å². The van der Waals surface area contributed by atoms with Gasteiger partial charge >= 0.3 is 0 Å². The van der Waals surface area contributed by atoms with Gasteiger partial charge < -0.3 is 14.8 Å². The van der Waals surface area contributed by atoms with Gasteiger partial charge in [-0.3, -0.25) is 4.79 Å². The van der Waals surface area contributed by atoms with Crippen molar-refractivity contribution in [1.29, 1.82) is 0 Å². The molecule has 1 heterocycles. The zero-order valence-electron chi connectivity index (χ0n) is 14.2. The lowest BCUT2D eigenvalue weighted by Gasteiger charge is -2.12. The Labute approximate surface area is 156 Å². The van der Waals surface area contributed by atoms with Crippen LogP contribution in [-0.2, 0) is 4.79 Å². The Hall–Kier alpha value is -1.85. The summed E-state index contributed by atoms with van der Waals surface area (Å²) < 4.78 is 11.2. The summed E-state index contributed by atoms with van der Waals surface area (Å²) in [7, 11) is 0. The Kier molecular flexibility index (Phi) is 5.76. The van der Waals surface area contributed by atoms with Crippen LogP contribution in [0.2, 0.25) is 5.02 Å². The third-order valence-corrected chi connectivity index (χ3v) is 5.29. The zero-order chi connectivity index (χ0) is 17.8. The minimum absolute atomic E-state index is 0.110. The molecule has 1 aliphatic rings. The van der Waals surface area contributed by atoms with Gasteiger partial charge in [0.05, 0.1) is 29.7 Å². The van der Waals surface area contributed by atoms with E-state index in [0.717, 1.165) is 11.3 Å². The zero-order valence-corrected chi connectivity index (χ0v) is 15.8. The average Bonchev–Trinajstić information content (AvgIpc) is 2.79. The molecule has 6 heteroatoms. The number of amides is 1. The second kappa shape index (κ2) is 8.02. The molecule has 25 heavy (non-hydrogen) atoms. The molecule has 0 spiro atoms. The van der Waals surface area contributed by atoms with Crippen molar-refractivity contribution < 1.29 is 14.3 Å². The molecule has 0 saturated carbocycles. The third kappa shape index (κ3) is 4.61. The number of nitrogens with one attached hydrogen (secondary N) is 1. The number of fused-ring (bicyclic) bond motifs is 1. The highest BCUT2D eigenvalue weighted by atomic mass is 35.5. The summed E-state index contributed by atoms with van der Waals surface area (Å²) in [5, 5.41) is 3.29. The van der Waals surface area contributed by atoms with Crippen LogP contribution in [-0.4, -0.2) is 24.9 Å². The summed E-state index contributed by atoms with van der Waals surface area (Å²) in [6, 6.07) is 9.62. The van der Waals surface area contributed by atoms with E-state index in [1.165, 1.54) is 22.9 Å². The molecular weight excluding hydrogens is 358 g/mol. The van der Waals surface area contributed by atoms with Gasteiger partial charge in [0, 0.05) is 23.4 Å². The van der Waals surface area contributed by atoms with Gasteiger partial charge in [0.2, 0.25) is 5.91 Å². The molecule has 0 atom stereocenters. The fraction of sp³-hybridized carbons (Fsp3) is 0.316. The lowest BCUT2D eigenvalue weighted by molar-refractivity contribution is -0.113. The number of rotatable bonds is 4. The highest BCUT2D eigenvalue weighted by Crippen LogP contribution is 2.37. The summed E-state index contributed by atoms with van der Waals surface area (Å²) in [4.78, 5) is 13.4. The first-order valence-corrected chi connectivity index (χ1v) is 9.48. The molecule has 0 radical (unpaired) electrons. The van der Waals surface area contributed by atoms with Crippen molar-refractivity contribution in [1.82, 2.24) is 0 Å². The lowest BCUT2D eigenvalue weighted by Crippen LogP contribution is -2.14. The maximum atomic E-state index is 12.3. The number of aryl methyl sites for hydroxylation is 2. The Balaban J connectivity index is 1.65. The second-order valence-corrected chi connectivity index (χ2v) is 7.36. The van der Waals surface area contributed by atoms with Crippen molar-refractivity contribution in [3.05, 3.63) is 46.5 Å². The number of anilines is 1.